The number of benzene rings is 2. The van der Waals surface area contributed by atoms with Crippen LogP contribution >= 0.6 is 23.2 Å². The first kappa shape index (κ1) is 18.8. The number of carbonyl (C=O) groups is 1. The minimum absolute atomic E-state index is 0.0639. The average molecular weight is 386 g/mol. The highest BCUT2D eigenvalue weighted by Crippen LogP contribution is 2.25. The van der Waals surface area contributed by atoms with Gasteiger partial charge in [-0.05, 0) is 30.2 Å². The molecule has 0 unspecified atom stereocenters. The van der Waals surface area contributed by atoms with E-state index in [1.165, 1.54) is 18.2 Å². The molecule has 0 atom stereocenters. The van der Waals surface area contributed by atoms with Crippen molar-refractivity contribution in [3.05, 3.63) is 64.1 Å². The highest BCUT2D eigenvalue weighted by atomic mass is 35.5. The van der Waals surface area contributed by atoms with E-state index in [0.717, 1.165) is 5.56 Å². The van der Waals surface area contributed by atoms with Gasteiger partial charge in [0.2, 0.25) is 5.91 Å². The Hall–Kier alpha value is -1.56. The van der Waals surface area contributed by atoms with Gasteiger partial charge in [0.15, 0.2) is 9.84 Å². The van der Waals surface area contributed by atoms with Gasteiger partial charge in [-0.3, -0.25) is 4.79 Å². The zero-order valence-electron chi connectivity index (χ0n) is 12.8. The lowest BCUT2D eigenvalue weighted by Crippen LogP contribution is -2.27. The number of rotatable bonds is 7. The molecule has 0 saturated carbocycles. The summed E-state index contributed by atoms with van der Waals surface area (Å²) in [5, 5.41) is 3.18. The van der Waals surface area contributed by atoms with Gasteiger partial charge in [0.25, 0.3) is 0 Å². The van der Waals surface area contributed by atoms with Crippen molar-refractivity contribution in [2.75, 3.05) is 12.3 Å². The van der Waals surface area contributed by atoms with E-state index in [1.807, 2.05) is 30.3 Å². The number of hydrogen-bond acceptors (Lipinski definition) is 3. The van der Waals surface area contributed by atoms with Gasteiger partial charge in [-0.25, -0.2) is 8.42 Å². The molecule has 0 aromatic heterocycles. The fraction of sp³-hybridized carbons (Fsp3) is 0.235. The molecule has 2 rings (SSSR count). The Morgan fingerprint density at radius 1 is 1.00 bits per heavy atom. The summed E-state index contributed by atoms with van der Waals surface area (Å²) in [6.07, 6.45) is 0.601. The lowest BCUT2D eigenvalue weighted by molar-refractivity contribution is -0.120. The van der Waals surface area contributed by atoms with Gasteiger partial charge in [-0.1, -0.05) is 53.5 Å². The first-order valence-corrected chi connectivity index (χ1v) is 9.78. The van der Waals surface area contributed by atoms with E-state index in [0.29, 0.717) is 13.0 Å². The van der Waals surface area contributed by atoms with E-state index in [1.54, 1.807) is 0 Å². The summed E-state index contributed by atoms with van der Waals surface area (Å²) in [6.45, 7) is 0.468. The Bertz CT molecular complexity index is 808. The van der Waals surface area contributed by atoms with Crippen molar-refractivity contribution in [1.29, 1.82) is 0 Å². The Labute approximate surface area is 151 Å². The molecule has 0 spiro atoms. The van der Waals surface area contributed by atoms with Crippen LogP contribution in [0.2, 0.25) is 10.0 Å². The van der Waals surface area contributed by atoms with Crippen molar-refractivity contribution in [3.63, 3.8) is 0 Å². The van der Waals surface area contributed by atoms with E-state index < -0.39 is 9.84 Å². The van der Waals surface area contributed by atoms with Crippen LogP contribution in [0.1, 0.15) is 12.0 Å². The van der Waals surface area contributed by atoms with Gasteiger partial charge in [-0.15, -0.1) is 0 Å². The molecule has 7 heteroatoms. The third-order valence-corrected chi connectivity index (χ3v) is 5.88. The summed E-state index contributed by atoms with van der Waals surface area (Å²) in [5.41, 5.74) is 1.11. The number of halogens is 2. The Morgan fingerprint density at radius 3 is 2.38 bits per heavy atom. The molecule has 1 N–H and O–H groups in total. The molecule has 0 bridgehead atoms. The summed E-state index contributed by atoms with van der Waals surface area (Å²) in [4.78, 5) is 11.9. The van der Waals surface area contributed by atoms with E-state index >= 15 is 0 Å². The highest BCUT2D eigenvalue weighted by molar-refractivity contribution is 7.91. The lowest BCUT2D eigenvalue weighted by Gasteiger charge is -2.07. The summed E-state index contributed by atoms with van der Waals surface area (Å²) in [7, 11) is -3.58. The minimum atomic E-state index is -3.58. The van der Waals surface area contributed by atoms with Crippen molar-refractivity contribution in [3.8, 4) is 0 Å². The van der Waals surface area contributed by atoms with Crippen LogP contribution < -0.4 is 5.32 Å². The predicted octanol–water partition coefficient (Wildman–Crippen LogP) is 3.52. The third-order valence-electron chi connectivity index (χ3n) is 3.43. The standard InChI is InChI=1S/C17H17Cl2NO3S/c18-15-7-6-14(12-16(15)19)24(22,23)11-9-17(21)20-10-8-13-4-2-1-3-5-13/h1-7,12H,8-11H2,(H,20,21). The van der Waals surface area contributed by atoms with Crippen molar-refractivity contribution in [2.45, 2.75) is 17.7 Å². The smallest absolute Gasteiger partial charge is 0.221 e. The van der Waals surface area contributed by atoms with Gasteiger partial charge < -0.3 is 5.32 Å². The lowest BCUT2D eigenvalue weighted by atomic mass is 10.1. The van der Waals surface area contributed by atoms with Crippen LogP contribution in [-0.4, -0.2) is 26.6 Å². The molecule has 128 valence electrons. The third kappa shape index (κ3) is 5.51. The van der Waals surface area contributed by atoms with Crippen molar-refractivity contribution < 1.29 is 13.2 Å². The van der Waals surface area contributed by atoms with Gasteiger partial charge in [0.05, 0.1) is 20.7 Å². The fourth-order valence-electron chi connectivity index (χ4n) is 2.09. The number of hydrogen-bond donors (Lipinski definition) is 1. The molecule has 0 radical (unpaired) electrons. The Balaban J connectivity index is 1.83. The van der Waals surface area contributed by atoms with Gasteiger partial charge in [0, 0.05) is 13.0 Å². The molecular weight excluding hydrogens is 369 g/mol. The van der Waals surface area contributed by atoms with E-state index in [2.05, 4.69) is 5.32 Å². The molecular formula is C17H17Cl2NO3S. The summed E-state index contributed by atoms with van der Waals surface area (Å²) < 4.78 is 24.4. The number of nitrogens with one attached hydrogen (secondary N) is 1. The first-order chi connectivity index (χ1) is 11.4. The molecule has 0 saturated heterocycles. The molecule has 0 heterocycles. The quantitative estimate of drug-likeness (QED) is 0.792. The number of amides is 1. The summed E-state index contributed by atoms with van der Waals surface area (Å²) in [6, 6.07) is 13.8. The predicted molar refractivity (Wildman–Crippen MR) is 96.3 cm³/mol. The van der Waals surface area contributed by atoms with Crippen LogP contribution in [0.4, 0.5) is 0 Å². The minimum Gasteiger partial charge on any atom is -0.356 e. The maximum Gasteiger partial charge on any atom is 0.221 e. The maximum atomic E-state index is 12.2. The molecule has 1 amide bonds. The largest absolute Gasteiger partial charge is 0.356 e. The summed E-state index contributed by atoms with van der Waals surface area (Å²) >= 11 is 11.6. The van der Waals surface area contributed by atoms with Crippen LogP contribution in [-0.2, 0) is 21.1 Å². The highest BCUT2D eigenvalue weighted by Gasteiger charge is 2.17. The molecule has 0 aliphatic rings. The average Bonchev–Trinajstić information content (AvgIpc) is 2.56. The van der Waals surface area contributed by atoms with Crippen molar-refractivity contribution in [2.24, 2.45) is 0 Å². The molecule has 2 aromatic rings. The molecule has 24 heavy (non-hydrogen) atoms. The van der Waals surface area contributed by atoms with Crippen LogP contribution in [0, 0.1) is 0 Å². The first-order valence-electron chi connectivity index (χ1n) is 7.37. The zero-order chi connectivity index (χ0) is 17.6. The molecule has 0 aliphatic carbocycles. The Morgan fingerprint density at radius 2 is 1.71 bits per heavy atom. The molecule has 0 fully saturated rings. The van der Waals surface area contributed by atoms with Crippen LogP contribution in [0.5, 0.6) is 0 Å². The zero-order valence-corrected chi connectivity index (χ0v) is 15.2. The second-order valence-electron chi connectivity index (χ2n) is 5.23. The second kappa shape index (κ2) is 8.51. The van der Waals surface area contributed by atoms with Crippen LogP contribution in [0.25, 0.3) is 0 Å². The van der Waals surface area contributed by atoms with Crippen molar-refractivity contribution >= 4 is 38.9 Å². The van der Waals surface area contributed by atoms with Gasteiger partial charge in [-0.2, -0.15) is 0 Å². The van der Waals surface area contributed by atoms with Crippen LogP contribution in [0.15, 0.2) is 53.4 Å². The van der Waals surface area contributed by atoms with Crippen molar-refractivity contribution in [1.82, 2.24) is 5.32 Å². The number of sulfone groups is 1. The van der Waals surface area contributed by atoms with Gasteiger partial charge in [0.1, 0.15) is 0 Å². The van der Waals surface area contributed by atoms with Crippen LogP contribution in [0.3, 0.4) is 0 Å². The SMILES string of the molecule is O=C(CCS(=O)(=O)c1ccc(Cl)c(Cl)c1)NCCc1ccccc1. The topological polar surface area (TPSA) is 63.2 Å². The fourth-order valence-corrected chi connectivity index (χ4v) is 3.72. The van der Waals surface area contributed by atoms with E-state index in [-0.39, 0.29) is 33.0 Å². The molecule has 2 aromatic carbocycles. The van der Waals surface area contributed by atoms with E-state index in [4.69, 9.17) is 23.2 Å². The monoisotopic (exact) mass is 385 g/mol. The second-order valence-corrected chi connectivity index (χ2v) is 8.15. The van der Waals surface area contributed by atoms with E-state index in [9.17, 15) is 13.2 Å². The molecule has 0 aliphatic heterocycles. The summed E-state index contributed by atoms with van der Waals surface area (Å²) in [5.74, 6) is -0.572. The number of carbonyl (C=O) groups excluding carboxylic acids is 1. The molecule has 4 nitrogen and oxygen atoms in total. The Kier molecular flexibility index (Phi) is 6.66. The normalized spacial score (nSPS) is 11.2. The van der Waals surface area contributed by atoms with Gasteiger partial charge >= 0.3 is 0 Å². The maximum absolute atomic E-state index is 12.2.